The van der Waals surface area contributed by atoms with Gasteiger partial charge in [0.1, 0.15) is 11.6 Å². The number of likely N-dealkylation sites (tertiary alicyclic amines) is 1. The fourth-order valence-electron chi connectivity index (χ4n) is 2.32. The minimum atomic E-state index is -0.528. The van der Waals surface area contributed by atoms with E-state index in [1.807, 2.05) is 0 Å². The second-order valence-electron chi connectivity index (χ2n) is 5.21. The largest absolute Gasteiger partial charge is 0.330 e. The zero-order valence-corrected chi connectivity index (χ0v) is 10.0. The third-order valence-electron chi connectivity index (χ3n) is 3.54. The van der Waals surface area contributed by atoms with Gasteiger partial charge in [-0.25, -0.2) is 8.78 Å². The molecule has 1 atom stereocenters. The van der Waals surface area contributed by atoms with Gasteiger partial charge in [-0.15, -0.1) is 0 Å². The molecule has 1 aliphatic rings. The minimum absolute atomic E-state index is 0.135. The first-order valence-corrected chi connectivity index (χ1v) is 5.89. The van der Waals surface area contributed by atoms with E-state index in [0.717, 1.165) is 25.6 Å². The Bertz CT molecular complexity index is 408. The average molecular weight is 240 g/mol. The summed E-state index contributed by atoms with van der Waals surface area (Å²) < 4.78 is 26.3. The van der Waals surface area contributed by atoms with Crippen LogP contribution in [0.2, 0.25) is 0 Å². The Kier molecular flexibility index (Phi) is 3.45. The summed E-state index contributed by atoms with van der Waals surface area (Å²) in [5, 5.41) is 0. The lowest BCUT2D eigenvalue weighted by Crippen LogP contribution is -2.31. The highest BCUT2D eigenvalue weighted by molar-refractivity contribution is 5.18. The van der Waals surface area contributed by atoms with Crippen LogP contribution in [-0.2, 0) is 6.54 Å². The van der Waals surface area contributed by atoms with E-state index in [4.69, 9.17) is 5.73 Å². The van der Waals surface area contributed by atoms with Crippen LogP contribution in [0.25, 0.3) is 0 Å². The summed E-state index contributed by atoms with van der Waals surface area (Å²) >= 11 is 0. The normalized spacial score (nSPS) is 25.4. The predicted molar refractivity (Wildman–Crippen MR) is 63.4 cm³/mol. The van der Waals surface area contributed by atoms with Gasteiger partial charge in [0.25, 0.3) is 0 Å². The quantitative estimate of drug-likeness (QED) is 0.877. The van der Waals surface area contributed by atoms with Crippen LogP contribution in [0.1, 0.15) is 18.9 Å². The zero-order valence-electron chi connectivity index (χ0n) is 10.0. The molecule has 0 radical (unpaired) electrons. The highest BCUT2D eigenvalue weighted by Gasteiger charge is 2.32. The number of hydrogen-bond donors (Lipinski definition) is 1. The van der Waals surface area contributed by atoms with Crippen LogP contribution >= 0.6 is 0 Å². The van der Waals surface area contributed by atoms with Crippen LogP contribution in [0, 0.1) is 17.0 Å². The van der Waals surface area contributed by atoms with E-state index in [1.165, 1.54) is 12.1 Å². The van der Waals surface area contributed by atoms with Crippen LogP contribution in [0.3, 0.4) is 0 Å². The first-order valence-electron chi connectivity index (χ1n) is 5.89. The van der Waals surface area contributed by atoms with Crippen molar-refractivity contribution in [2.45, 2.75) is 19.9 Å². The summed E-state index contributed by atoms with van der Waals surface area (Å²) in [6.45, 7) is 5.12. The van der Waals surface area contributed by atoms with Gasteiger partial charge in [-0.3, -0.25) is 4.90 Å². The summed E-state index contributed by atoms with van der Waals surface area (Å²) in [5.74, 6) is -0.995. The van der Waals surface area contributed by atoms with Gasteiger partial charge >= 0.3 is 0 Å². The lowest BCUT2D eigenvalue weighted by atomic mass is 9.90. The fraction of sp³-hybridized carbons (Fsp3) is 0.538. The van der Waals surface area contributed by atoms with Crippen LogP contribution in [0.15, 0.2) is 18.2 Å². The lowest BCUT2D eigenvalue weighted by molar-refractivity contribution is 0.271. The zero-order chi connectivity index (χ0) is 12.5. The van der Waals surface area contributed by atoms with Crippen molar-refractivity contribution in [3.8, 4) is 0 Å². The fourth-order valence-corrected chi connectivity index (χ4v) is 2.32. The number of halogens is 2. The van der Waals surface area contributed by atoms with Crippen molar-refractivity contribution in [2.75, 3.05) is 19.6 Å². The molecule has 94 valence electrons. The maximum Gasteiger partial charge on any atom is 0.130 e. The molecule has 0 saturated carbocycles. The van der Waals surface area contributed by atoms with Crippen molar-refractivity contribution < 1.29 is 8.78 Å². The summed E-state index contributed by atoms with van der Waals surface area (Å²) in [7, 11) is 0. The van der Waals surface area contributed by atoms with Crippen molar-refractivity contribution in [3.63, 3.8) is 0 Å². The maximum atomic E-state index is 13.5. The molecule has 0 bridgehead atoms. The predicted octanol–water partition coefficient (Wildman–Crippen LogP) is 2.14. The van der Waals surface area contributed by atoms with Gasteiger partial charge in [-0.1, -0.05) is 13.0 Å². The monoisotopic (exact) mass is 240 g/mol. The molecule has 1 saturated heterocycles. The second-order valence-corrected chi connectivity index (χ2v) is 5.21. The molecule has 4 heteroatoms. The SMILES string of the molecule is CC1(CN)CCN(Cc2ccc(F)cc2F)C1. The van der Waals surface area contributed by atoms with Gasteiger partial charge in [0.05, 0.1) is 0 Å². The molecule has 2 N–H and O–H groups in total. The molecular formula is C13H18F2N2. The first kappa shape index (κ1) is 12.5. The van der Waals surface area contributed by atoms with E-state index in [0.29, 0.717) is 18.7 Å². The molecule has 1 aromatic carbocycles. The Hall–Kier alpha value is -1.00. The number of nitrogens with zero attached hydrogens (tertiary/aromatic N) is 1. The Morgan fingerprint density at radius 1 is 1.41 bits per heavy atom. The smallest absolute Gasteiger partial charge is 0.130 e. The molecule has 0 aromatic heterocycles. The highest BCUT2D eigenvalue weighted by atomic mass is 19.1. The molecular weight excluding hydrogens is 222 g/mol. The molecule has 1 aliphatic heterocycles. The van der Waals surface area contributed by atoms with Gasteiger partial charge < -0.3 is 5.73 Å². The molecule has 2 nitrogen and oxygen atoms in total. The van der Waals surface area contributed by atoms with Crippen molar-refractivity contribution in [2.24, 2.45) is 11.1 Å². The molecule has 0 amide bonds. The maximum absolute atomic E-state index is 13.5. The van der Waals surface area contributed by atoms with Crippen molar-refractivity contribution in [1.82, 2.24) is 4.90 Å². The van der Waals surface area contributed by atoms with E-state index in [9.17, 15) is 8.78 Å². The standard InChI is InChI=1S/C13H18F2N2/c1-13(8-16)4-5-17(9-13)7-10-2-3-11(14)6-12(10)15/h2-3,6H,4-5,7-9,16H2,1H3. The van der Waals surface area contributed by atoms with Gasteiger partial charge in [0, 0.05) is 24.7 Å². The number of hydrogen-bond acceptors (Lipinski definition) is 2. The topological polar surface area (TPSA) is 29.3 Å². The Morgan fingerprint density at radius 3 is 2.76 bits per heavy atom. The van der Waals surface area contributed by atoms with E-state index in [2.05, 4.69) is 11.8 Å². The van der Waals surface area contributed by atoms with E-state index < -0.39 is 11.6 Å². The number of nitrogens with two attached hydrogens (primary N) is 1. The minimum Gasteiger partial charge on any atom is -0.330 e. The summed E-state index contributed by atoms with van der Waals surface area (Å²) in [6.07, 6.45) is 1.03. The van der Waals surface area contributed by atoms with Gasteiger partial charge in [-0.05, 0) is 31.0 Å². The molecule has 1 aromatic rings. The van der Waals surface area contributed by atoms with E-state index in [-0.39, 0.29) is 5.41 Å². The van der Waals surface area contributed by atoms with E-state index in [1.54, 1.807) is 0 Å². The third kappa shape index (κ3) is 2.82. The van der Waals surface area contributed by atoms with Crippen LogP contribution < -0.4 is 5.73 Å². The van der Waals surface area contributed by atoms with Crippen LogP contribution in [0.4, 0.5) is 8.78 Å². The molecule has 0 spiro atoms. The first-order chi connectivity index (χ1) is 8.02. The Balaban J connectivity index is 2.03. The Labute approximate surface area is 100 Å². The van der Waals surface area contributed by atoms with Crippen molar-refractivity contribution in [1.29, 1.82) is 0 Å². The van der Waals surface area contributed by atoms with Gasteiger partial charge in [0.15, 0.2) is 0 Å². The molecule has 2 rings (SSSR count). The van der Waals surface area contributed by atoms with Crippen LogP contribution in [-0.4, -0.2) is 24.5 Å². The number of rotatable bonds is 3. The lowest BCUT2D eigenvalue weighted by Gasteiger charge is -2.22. The number of benzene rings is 1. The molecule has 1 heterocycles. The summed E-state index contributed by atoms with van der Waals surface area (Å²) in [5.41, 5.74) is 6.41. The summed E-state index contributed by atoms with van der Waals surface area (Å²) in [6, 6.07) is 3.76. The highest BCUT2D eigenvalue weighted by Crippen LogP contribution is 2.29. The average Bonchev–Trinajstić information content (AvgIpc) is 2.66. The molecule has 0 aliphatic carbocycles. The molecule has 17 heavy (non-hydrogen) atoms. The molecule has 1 unspecified atom stereocenters. The van der Waals surface area contributed by atoms with Gasteiger partial charge in [0.2, 0.25) is 0 Å². The van der Waals surface area contributed by atoms with Crippen molar-refractivity contribution >= 4 is 0 Å². The van der Waals surface area contributed by atoms with E-state index >= 15 is 0 Å². The third-order valence-corrected chi connectivity index (χ3v) is 3.54. The summed E-state index contributed by atoms with van der Waals surface area (Å²) in [4.78, 5) is 2.17. The molecule has 1 fully saturated rings. The van der Waals surface area contributed by atoms with Crippen LogP contribution in [0.5, 0.6) is 0 Å². The second kappa shape index (κ2) is 4.70. The Morgan fingerprint density at radius 2 is 2.18 bits per heavy atom. The van der Waals surface area contributed by atoms with Crippen molar-refractivity contribution in [3.05, 3.63) is 35.4 Å². The van der Waals surface area contributed by atoms with Gasteiger partial charge in [-0.2, -0.15) is 0 Å².